The van der Waals surface area contributed by atoms with Crippen LogP contribution in [-0.4, -0.2) is 41.0 Å². The molecule has 0 aliphatic rings. The molecule has 0 saturated carbocycles. The van der Waals surface area contributed by atoms with Crippen LogP contribution in [0.25, 0.3) is 22.2 Å². The van der Waals surface area contributed by atoms with Crippen molar-refractivity contribution in [2.24, 2.45) is 0 Å². The van der Waals surface area contributed by atoms with Crippen LogP contribution in [0, 0.1) is 20.8 Å². The molecular weight excluding hydrogens is 404 g/mol. The summed E-state index contributed by atoms with van der Waals surface area (Å²) in [6.45, 7) is 7.92. The highest BCUT2D eigenvalue weighted by atomic mass is 32.1. The number of fused-ring (bicyclic) bond motifs is 1. The number of carbonyl (C=O) groups is 1. The lowest BCUT2D eigenvalue weighted by molar-refractivity contribution is 0.101. The van der Waals surface area contributed by atoms with Gasteiger partial charge in [0.05, 0.1) is 5.69 Å². The van der Waals surface area contributed by atoms with E-state index in [4.69, 9.17) is 4.98 Å². The monoisotopic (exact) mass is 432 g/mol. The number of aromatic nitrogens is 2. The van der Waals surface area contributed by atoms with E-state index < -0.39 is 0 Å². The molecule has 160 valence electrons. The third-order valence-electron chi connectivity index (χ3n) is 5.47. The van der Waals surface area contributed by atoms with Crippen LogP contribution in [-0.2, 0) is 6.54 Å². The normalized spacial score (nSPS) is 11.4. The van der Waals surface area contributed by atoms with Crippen LogP contribution in [0.5, 0.6) is 0 Å². The minimum atomic E-state index is -0.131. The van der Waals surface area contributed by atoms with Crippen molar-refractivity contribution in [2.75, 3.05) is 26.0 Å². The second kappa shape index (κ2) is 8.65. The summed E-state index contributed by atoms with van der Waals surface area (Å²) in [5.41, 5.74) is 7.41. The van der Waals surface area contributed by atoms with E-state index in [2.05, 4.69) is 53.8 Å². The van der Waals surface area contributed by atoms with Crippen molar-refractivity contribution in [3.8, 4) is 11.3 Å². The van der Waals surface area contributed by atoms with E-state index in [9.17, 15) is 4.79 Å². The lowest BCUT2D eigenvalue weighted by atomic mass is 9.98. The van der Waals surface area contributed by atoms with Crippen LogP contribution in [0.15, 0.2) is 47.8 Å². The Morgan fingerprint density at radius 1 is 1.10 bits per heavy atom. The Kier molecular flexibility index (Phi) is 5.94. The van der Waals surface area contributed by atoms with Gasteiger partial charge in [-0.3, -0.25) is 10.1 Å². The fraction of sp³-hybridized carbons (Fsp3) is 0.280. The first-order valence-electron chi connectivity index (χ1n) is 10.4. The Balaban J connectivity index is 1.63. The first-order chi connectivity index (χ1) is 14.8. The quantitative estimate of drug-likeness (QED) is 0.437. The van der Waals surface area contributed by atoms with Crippen molar-refractivity contribution < 1.29 is 4.79 Å². The van der Waals surface area contributed by atoms with E-state index in [0.717, 1.165) is 35.2 Å². The van der Waals surface area contributed by atoms with Crippen LogP contribution in [0.3, 0.4) is 0 Å². The lowest BCUT2D eigenvalue weighted by Gasteiger charge is -2.14. The van der Waals surface area contributed by atoms with Gasteiger partial charge < -0.3 is 9.47 Å². The maximum atomic E-state index is 13.2. The Hall–Kier alpha value is -2.96. The molecule has 6 heteroatoms. The van der Waals surface area contributed by atoms with E-state index >= 15 is 0 Å². The number of anilines is 1. The molecule has 0 aliphatic carbocycles. The average molecular weight is 433 g/mol. The summed E-state index contributed by atoms with van der Waals surface area (Å²) in [7, 11) is 4.08. The molecule has 0 fully saturated rings. The zero-order chi connectivity index (χ0) is 22.1. The van der Waals surface area contributed by atoms with Crippen LogP contribution < -0.4 is 5.32 Å². The van der Waals surface area contributed by atoms with Gasteiger partial charge in [0.2, 0.25) is 0 Å². The number of benzene rings is 2. The zero-order valence-electron chi connectivity index (χ0n) is 18.7. The third kappa shape index (κ3) is 4.40. The number of rotatable bonds is 6. The minimum Gasteiger partial charge on any atom is -0.335 e. The number of para-hydroxylation sites is 1. The maximum absolute atomic E-state index is 13.2. The summed E-state index contributed by atoms with van der Waals surface area (Å²) < 4.78 is 2.09. The van der Waals surface area contributed by atoms with Gasteiger partial charge >= 0.3 is 0 Å². The van der Waals surface area contributed by atoms with Gasteiger partial charge in [-0.25, -0.2) is 4.98 Å². The van der Waals surface area contributed by atoms with Gasteiger partial charge in [-0.15, -0.1) is 11.3 Å². The van der Waals surface area contributed by atoms with Gasteiger partial charge in [0.15, 0.2) is 5.13 Å². The number of carbonyl (C=O) groups excluding carboxylic acids is 1. The topological polar surface area (TPSA) is 50.2 Å². The fourth-order valence-electron chi connectivity index (χ4n) is 4.13. The molecule has 2 aromatic heterocycles. The van der Waals surface area contributed by atoms with E-state index in [1.54, 1.807) is 0 Å². The Morgan fingerprint density at radius 2 is 1.81 bits per heavy atom. The van der Waals surface area contributed by atoms with E-state index in [1.165, 1.54) is 28.0 Å². The van der Waals surface area contributed by atoms with Crippen molar-refractivity contribution in [1.82, 2.24) is 14.5 Å². The molecule has 1 amide bonds. The van der Waals surface area contributed by atoms with Crippen LogP contribution >= 0.6 is 11.3 Å². The van der Waals surface area contributed by atoms with Gasteiger partial charge in [-0.05, 0) is 58.1 Å². The molecule has 0 atom stereocenters. The van der Waals surface area contributed by atoms with Crippen molar-refractivity contribution in [3.05, 3.63) is 70.2 Å². The average Bonchev–Trinajstić information content (AvgIpc) is 3.30. The second-order valence-electron chi connectivity index (χ2n) is 8.31. The summed E-state index contributed by atoms with van der Waals surface area (Å²) in [5, 5.41) is 6.72. The molecule has 0 unspecified atom stereocenters. The number of aryl methyl sites for hydroxylation is 3. The van der Waals surface area contributed by atoms with E-state index in [-0.39, 0.29) is 5.91 Å². The molecule has 0 aliphatic heterocycles. The number of hydrogen-bond donors (Lipinski definition) is 1. The summed E-state index contributed by atoms with van der Waals surface area (Å²) in [5.74, 6) is -0.131. The van der Waals surface area contributed by atoms with Crippen molar-refractivity contribution in [3.63, 3.8) is 0 Å². The summed E-state index contributed by atoms with van der Waals surface area (Å²) in [6.07, 6.45) is 0. The molecule has 5 nitrogen and oxygen atoms in total. The number of likely N-dealkylation sites (N-methyl/N-ethyl adjacent to an activating group) is 1. The Labute approximate surface area is 187 Å². The molecular formula is C25H28N4OS. The lowest BCUT2D eigenvalue weighted by Crippen LogP contribution is -2.22. The third-order valence-corrected chi connectivity index (χ3v) is 6.23. The molecule has 0 bridgehead atoms. The molecule has 0 radical (unpaired) electrons. The van der Waals surface area contributed by atoms with Gasteiger partial charge in [-0.1, -0.05) is 35.9 Å². The highest BCUT2D eigenvalue weighted by Gasteiger charge is 2.18. The molecule has 1 N–H and O–H groups in total. The van der Waals surface area contributed by atoms with Crippen LogP contribution in [0.4, 0.5) is 5.13 Å². The van der Waals surface area contributed by atoms with Gasteiger partial charge in [0, 0.05) is 34.9 Å². The molecule has 4 aromatic rings. The standard InChI is InChI=1S/C25H28N4OS/c1-16-12-17(2)23(18(3)13-16)20-15-31-25(26-20)27-24(30)22-14-19-8-6-7-9-21(19)29(22)11-10-28(4)5/h6-9,12-15H,10-11H2,1-5H3,(H,26,27,30). The molecule has 2 aromatic carbocycles. The van der Waals surface area contributed by atoms with Crippen molar-refractivity contribution >= 4 is 33.3 Å². The summed E-state index contributed by atoms with van der Waals surface area (Å²) in [6, 6.07) is 14.4. The smallest absolute Gasteiger partial charge is 0.274 e. The fourth-order valence-corrected chi connectivity index (χ4v) is 4.83. The largest absolute Gasteiger partial charge is 0.335 e. The van der Waals surface area contributed by atoms with E-state index in [0.29, 0.717) is 10.8 Å². The SMILES string of the molecule is Cc1cc(C)c(-c2csc(NC(=O)c3cc4ccccc4n3CCN(C)C)n2)c(C)c1. The predicted octanol–water partition coefficient (Wildman–Crippen LogP) is 5.50. The number of hydrogen-bond acceptors (Lipinski definition) is 4. The van der Waals surface area contributed by atoms with Gasteiger partial charge in [0.1, 0.15) is 5.69 Å². The maximum Gasteiger partial charge on any atom is 0.274 e. The van der Waals surface area contributed by atoms with E-state index in [1.807, 2.05) is 43.7 Å². The molecule has 31 heavy (non-hydrogen) atoms. The predicted molar refractivity (Wildman–Crippen MR) is 130 cm³/mol. The number of thiazole rings is 1. The summed E-state index contributed by atoms with van der Waals surface area (Å²) in [4.78, 5) is 20.0. The molecule has 4 rings (SSSR count). The highest BCUT2D eigenvalue weighted by molar-refractivity contribution is 7.14. The minimum absolute atomic E-state index is 0.131. The molecule has 0 spiro atoms. The number of amides is 1. The Morgan fingerprint density at radius 3 is 2.52 bits per heavy atom. The summed E-state index contributed by atoms with van der Waals surface area (Å²) >= 11 is 1.46. The zero-order valence-corrected chi connectivity index (χ0v) is 19.5. The van der Waals surface area contributed by atoms with Crippen LogP contribution in [0.2, 0.25) is 0 Å². The number of nitrogens with zero attached hydrogens (tertiary/aromatic N) is 3. The first kappa shape index (κ1) is 21.3. The number of nitrogens with one attached hydrogen (secondary N) is 1. The molecule has 0 saturated heterocycles. The van der Waals surface area contributed by atoms with Gasteiger partial charge in [-0.2, -0.15) is 0 Å². The first-order valence-corrected chi connectivity index (χ1v) is 11.3. The Bertz CT molecular complexity index is 1230. The van der Waals surface area contributed by atoms with Crippen LogP contribution in [0.1, 0.15) is 27.2 Å². The highest BCUT2D eigenvalue weighted by Crippen LogP contribution is 2.31. The second-order valence-corrected chi connectivity index (χ2v) is 9.17. The van der Waals surface area contributed by atoms with Crippen molar-refractivity contribution in [1.29, 1.82) is 0 Å². The van der Waals surface area contributed by atoms with Gasteiger partial charge in [0.25, 0.3) is 5.91 Å². The van der Waals surface area contributed by atoms with Crippen molar-refractivity contribution in [2.45, 2.75) is 27.3 Å². The molecule has 2 heterocycles.